The molecule has 0 radical (unpaired) electrons. The fraction of sp³-hybridized carbons (Fsp3) is 0.625. The number of benzene rings is 1. The molecule has 1 aliphatic carbocycles. The Labute approximate surface area is 120 Å². The Bertz CT molecular complexity index is 558. The van der Waals surface area contributed by atoms with Gasteiger partial charge in [0.2, 0.25) is 0 Å². The molecule has 1 aromatic heterocycles. The van der Waals surface area contributed by atoms with Gasteiger partial charge in [-0.3, -0.25) is 0 Å². The van der Waals surface area contributed by atoms with Gasteiger partial charge in [-0.1, -0.05) is 50.5 Å². The highest BCUT2D eigenvalue weighted by molar-refractivity contribution is 5.73. The van der Waals surface area contributed by atoms with Crippen LogP contribution in [0, 0.1) is 5.92 Å². The van der Waals surface area contributed by atoms with E-state index in [4.69, 9.17) is 4.74 Å². The lowest BCUT2D eigenvalue weighted by Gasteiger charge is -2.29. The number of nitrogens with zero attached hydrogens (tertiary/aromatic N) is 3. The van der Waals surface area contributed by atoms with Gasteiger partial charge in [0.25, 0.3) is 0 Å². The number of ether oxygens (including phenoxy) is 1. The van der Waals surface area contributed by atoms with Gasteiger partial charge in [-0.15, -0.1) is 5.10 Å². The normalized spacial score (nSPS) is 18.8. The lowest BCUT2D eigenvalue weighted by atomic mass is 9.97. The van der Waals surface area contributed by atoms with E-state index in [2.05, 4.69) is 30.2 Å². The summed E-state index contributed by atoms with van der Waals surface area (Å²) in [5.74, 6) is 0.377. The first-order valence-electron chi connectivity index (χ1n) is 7.71. The fourth-order valence-electron chi connectivity index (χ4n) is 2.97. The smallest absolute Gasteiger partial charge is 0.155 e. The predicted molar refractivity (Wildman–Crippen MR) is 79.4 cm³/mol. The van der Waals surface area contributed by atoms with Crippen LogP contribution in [0.15, 0.2) is 24.3 Å². The monoisotopic (exact) mass is 273 g/mol. The first-order valence-corrected chi connectivity index (χ1v) is 7.71. The summed E-state index contributed by atoms with van der Waals surface area (Å²) >= 11 is 0. The zero-order valence-electron chi connectivity index (χ0n) is 12.3. The molecule has 20 heavy (non-hydrogen) atoms. The second kappa shape index (κ2) is 5.92. The lowest BCUT2D eigenvalue weighted by Crippen LogP contribution is -2.27. The topological polar surface area (TPSA) is 39.9 Å². The highest BCUT2D eigenvalue weighted by Gasteiger charge is 2.25. The minimum Gasteiger partial charge on any atom is -0.353 e. The first-order chi connectivity index (χ1) is 9.75. The van der Waals surface area contributed by atoms with Crippen molar-refractivity contribution in [1.29, 1.82) is 0 Å². The summed E-state index contributed by atoms with van der Waals surface area (Å²) in [6, 6.07) is 8.08. The summed E-state index contributed by atoms with van der Waals surface area (Å²) in [7, 11) is 0. The van der Waals surface area contributed by atoms with E-state index in [0.29, 0.717) is 12.0 Å². The van der Waals surface area contributed by atoms with Gasteiger partial charge < -0.3 is 4.74 Å². The zero-order chi connectivity index (χ0) is 13.9. The van der Waals surface area contributed by atoms with E-state index >= 15 is 0 Å². The lowest BCUT2D eigenvalue weighted by molar-refractivity contribution is -0.0955. The SMILES string of the molecule is CC(C)C(OC1CCCCC1)n1nnc2ccccc21. The summed E-state index contributed by atoms with van der Waals surface area (Å²) in [6.45, 7) is 4.37. The second-order valence-electron chi connectivity index (χ2n) is 6.05. The van der Waals surface area contributed by atoms with Gasteiger partial charge in [0, 0.05) is 5.92 Å². The van der Waals surface area contributed by atoms with Crippen LogP contribution in [-0.4, -0.2) is 21.1 Å². The van der Waals surface area contributed by atoms with Gasteiger partial charge in [-0.05, 0) is 25.0 Å². The molecule has 4 heteroatoms. The highest BCUT2D eigenvalue weighted by atomic mass is 16.5. The molecular formula is C16H23N3O. The quantitative estimate of drug-likeness (QED) is 0.847. The van der Waals surface area contributed by atoms with E-state index in [-0.39, 0.29) is 6.23 Å². The molecule has 0 amide bonds. The predicted octanol–water partition coefficient (Wildman–Crippen LogP) is 3.94. The molecule has 1 fully saturated rings. The Morgan fingerprint density at radius 3 is 2.65 bits per heavy atom. The molecule has 1 heterocycles. The molecule has 0 N–H and O–H groups in total. The van der Waals surface area contributed by atoms with Crippen molar-refractivity contribution in [2.75, 3.05) is 0 Å². The number of rotatable bonds is 4. The third-order valence-electron chi connectivity index (χ3n) is 4.07. The van der Waals surface area contributed by atoms with Crippen LogP contribution in [0.2, 0.25) is 0 Å². The van der Waals surface area contributed by atoms with Crippen molar-refractivity contribution < 1.29 is 4.74 Å². The maximum atomic E-state index is 6.37. The van der Waals surface area contributed by atoms with Crippen LogP contribution in [0.4, 0.5) is 0 Å². The van der Waals surface area contributed by atoms with Crippen LogP contribution >= 0.6 is 0 Å². The van der Waals surface area contributed by atoms with Crippen LogP contribution in [0.1, 0.15) is 52.2 Å². The van der Waals surface area contributed by atoms with Crippen molar-refractivity contribution in [1.82, 2.24) is 15.0 Å². The van der Waals surface area contributed by atoms with Gasteiger partial charge in [0.05, 0.1) is 11.6 Å². The number of para-hydroxylation sites is 1. The van der Waals surface area contributed by atoms with E-state index in [1.165, 1.54) is 32.1 Å². The number of hydrogen-bond donors (Lipinski definition) is 0. The molecule has 0 bridgehead atoms. The average Bonchev–Trinajstić information content (AvgIpc) is 2.89. The highest BCUT2D eigenvalue weighted by Crippen LogP contribution is 2.29. The van der Waals surface area contributed by atoms with Crippen molar-refractivity contribution in [3.63, 3.8) is 0 Å². The van der Waals surface area contributed by atoms with E-state index in [1.807, 2.05) is 22.9 Å². The number of hydrogen-bond acceptors (Lipinski definition) is 3. The summed E-state index contributed by atoms with van der Waals surface area (Å²) in [6.07, 6.45) is 6.62. The molecule has 108 valence electrons. The van der Waals surface area contributed by atoms with E-state index in [9.17, 15) is 0 Å². The van der Waals surface area contributed by atoms with Crippen molar-refractivity contribution in [3.05, 3.63) is 24.3 Å². The minimum atomic E-state index is -0.0227. The largest absolute Gasteiger partial charge is 0.353 e. The minimum absolute atomic E-state index is 0.0227. The molecule has 4 nitrogen and oxygen atoms in total. The van der Waals surface area contributed by atoms with Gasteiger partial charge in [-0.25, -0.2) is 4.68 Å². The number of fused-ring (bicyclic) bond motifs is 1. The average molecular weight is 273 g/mol. The maximum Gasteiger partial charge on any atom is 0.155 e. The van der Waals surface area contributed by atoms with E-state index < -0.39 is 0 Å². The molecule has 0 spiro atoms. The van der Waals surface area contributed by atoms with Gasteiger partial charge in [0.1, 0.15) is 5.52 Å². The molecule has 1 saturated carbocycles. The summed E-state index contributed by atoms with van der Waals surface area (Å²) in [5, 5.41) is 8.57. The summed E-state index contributed by atoms with van der Waals surface area (Å²) in [5.41, 5.74) is 1.99. The van der Waals surface area contributed by atoms with Gasteiger partial charge in [0.15, 0.2) is 6.23 Å². The van der Waals surface area contributed by atoms with Crippen LogP contribution in [0.3, 0.4) is 0 Å². The molecule has 1 aromatic carbocycles. The number of aromatic nitrogens is 3. The molecule has 0 saturated heterocycles. The second-order valence-corrected chi connectivity index (χ2v) is 6.05. The van der Waals surface area contributed by atoms with Gasteiger partial charge in [-0.2, -0.15) is 0 Å². The van der Waals surface area contributed by atoms with Crippen molar-refractivity contribution >= 4 is 11.0 Å². The van der Waals surface area contributed by atoms with Crippen LogP contribution in [0.25, 0.3) is 11.0 Å². The van der Waals surface area contributed by atoms with E-state index in [0.717, 1.165) is 11.0 Å². The summed E-state index contributed by atoms with van der Waals surface area (Å²) < 4.78 is 8.32. The third-order valence-corrected chi connectivity index (χ3v) is 4.07. The van der Waals surface area contributed by atoms with Crippen LogP contribution in [-0.2, 0) is 4.74 Å². The molecule has 0 aliphatic heterocycles. The van der Waals surface area contributed by atoms with Crippen molar-refractivity contribution in [2.45, 2.75) is 58.3 Å². The standard InChI is InChI=1S/C16H23N3O/c1-12(2)16(20-13-8-4-3-5-9-13)19-15-11-7-6-10-14(15)17-18-19/h6-7,10-13,16H,3-5,8-9H2,1-2H3. The Hall–Kier alpha value is -1.42. The Morgan fingerprint density at radius 1 is 1.15 bits per heavy atom. The molecular weight excluding hydrogens is 250 g/mol. The van der Waals surface area contributed by atoms with Crippen LogP contribution in [0.5, 0.6) is 0 Å². The Kier molecular flexibility index (Phi) is 4.01. The molecule has 1 atom stereocenters. The van der Waals surface area contributed by atoms with Crippen molar-refractivity contribution in [2.24, 2.45) is 5.92 Å². The fourth-order valence-corrected chi connectivity index (χ4v) is 2.97. The maximum absolute atomic E-state index is 6.37. The Morgan fingerprint density at radius 2 is 1.90 bits per heavy atom. The molecule has 3 rings (SSSR count). The zero-order valence-corrected chi connectivity index (χ0v) is 12.3. The van der Waals surface area contributed by atoms with Crippen LogP contribution < -0.4 is 0 Å². The molecule has 1 aliphatic rings. The molecule has 1 unspecified atom stereocenters. The molecule has 2 aromatic rings. The van der Waals surface area contributed by atoms with E-state index in [1.54, 1.807) is 0 Å². The van der Waals surface area contributed by atoms with Crippen molar-refractivity contribution in [3.8, 4) is 0 Å². The van der Waals surface area contributed by atoms with Gasteiger partial charge >= 0.3 is 0 Å². The Balaban J connectivity index is 1.86. The first kappa shape index (κ1) is 13.6. The summed E-state index contributed by atoms with van der Waals surface area (Å²) in [4.78, 5) is 0. The third kappa shape index (κ3) is 2.70.